The third kappa shape index (κ3) is 3.00. The van der Waals surface area contributed by atoms with Crippen molar-refractivity contribution in [3.05, 3.63) is 58.3 Å². The molecule has 0 fully saturated rings. The van der Waals surface area contributed by atoms with E-state index in [2.05, 4.69) is 20.9 Å². The highest BCUT2D eigenvalue weighted by Crippen LogP contribution is 2.25. The molecule has 0 N–H and O–H groups in total. The van der Waals surface area contributed by atoms with Gasteiger partial charge in [-0.1, -0.05) is 22.0 Å². The fourth-order valence-corrected chi connectivity index (χ4v) is 1.69. The van der Waals surface area contributed by atoms with Crippen LogP contribution in [0.1, 0.15) is 5.56 Å². The molecule has 0 saturated heterocycles. The van der Waals surface area contributed by atoms with Gasteiger partial charge in [-0.15, -0.1) is 0 Å². The summed E-state index contributed by atoms with van der Waals surface area (Å²) in [6, 6.07) is 5.97. The molecule has 0 atom stereocenters. The fourth-order valence-electron chi connectivity index (χ4n) is 1.28. The molecular weight excluding hydrogens is 292 g/mol. The molecule has 0 saturated carbocycles. The van der Waals surface area contributed by atoms with Crippen molar-refractivity contribution >= 4 is 15.9 Å². The van der Waals surface area contributed by atoms with Crippen molar-refractivity contribution < 1.29 is 13.5 Å². The van der Waals surface area contributed by atoms with E-state index in [0.717, 1.165) is 11.6 Å². The maximum atomic E-state index is 13.3. The standard InChI is InChI=1S/C12H8BrF2NO/c13-9-4-10(14)12(15)11(5-9)17-7-8-2-1-3-16-6-8/h1-6H,7H2. The van der Waals surface area contributed by atoms with E-state index < -0.39 is 11.6 Å². The first-order valence-corrected chi connectivity index (χ1v) is 5.62. The first-order chi connectivity index (χ1) is 8.16. The van der Waals surface area contributed by atoms with E-state index in [4.69, 9.17) is 4.74 Å². The summed E-state index contributed by atoms with van der Waals surface area (Å²) in [4.78, 5) is 3.90. The van der Waals surface area contributed by atoms with Gasteiger partial charge in [0, 0.05) is 22.4 Å². The maximum Gasteiger partial charge on any atom is 0.200 e. The largest absolute Gasteiger partial charge is 0.486 e. The number of hydrogen-bond acceptors (Lipinski definition) is 2. The van der Waals surface area contributed by atoms with Crippen LogP contribution in [-0.2, 0) is 6.61 Å². The molecule has 5 heteroatoms. The number of benzene rings is 1. The van der Waals surface area contributed by atoms with Gasteiger partial charge in [-0.3, -0.25) is 4.98 Å². The molecule has 2 aromatic rings. The summed E-state index contributed by atoms with van der Waals surface area (Å²) < 4.78 is 32.0. The molecule has 0 unspecified atom stereocenters. The molecule has 0 radical (unpaired) electrons. The Bertz CT molecular complexity index is 519. The minimum Gasteiger partial charge on any atom is -0.486 e. The van der Waals surface area contributed by atoms with Gasteiger partial charge >= 0.3 is 0 Å². The number of rotatable bonds is 3. The molecule has 17 heavy (non-hydrogen) atoms. The van der Waals surface area contributed by atoms with Gasteiger partial charge in [0.2, 0.25) is 5.82 Å². The van der Waals surface area contributed by atoms with Gasteiger partial charge in [-0.2, -0.15) is 4.39 Å². The molecule has 0 aliphatic carbocycles. The smallest absolute Gasteiger partial charge is 0.200 e. The summed E-state index contributed by atoms with van der Waals surface area (Å²) in [6.07, 6.45) is 3.23. The second-order valence-electron chi connectivity index (χ2n) is 3.35. The van der Waals surface area contributed by atoms with Gasteiger partial charge in [0.15, 0.2) is 11.6 Å². The summed E-state index contributed by atoms with van der Waals surface area (Å²) >= 11 is 3.07. The van der Waals surface area contributed by atoms with Crippen molar-refractivity contribution in [1.29, 1.82) is 0 Å². The second-order valence-corrected chi connectivity index (χ2v) is 4.27. The summed E-state index contributed by atoms with van der Waals surface area (Å²) in [7, 11) is 0. The van der Waals surface area contributed by atoms with Gasteiger partial charge in [0.05, 0.1) is 0 Å². The zero-order valence-corrected chi connectivity index (χ0v) is 10.2. The molecule has 1 aromatic heterocycles. The third-order valence-electron chi connectivity index (χ3n) is 2.08. The Labute approximate surface area is 105 Å². The predicted molar refractivity (Wildman–Crippen MR) is 62.6 cm³/mol. The van der Waals surface area contributed by atoms with E-state index in [1.54, 1.807) is 24.5 Å². The molecule has 2 nitrogen and oxygen atoms in total. The lowest BCUT2D eigenvalue weighted by molar-refractivity contribution is 0.284. The molecule has 1 heterocycles. The number of halogens is 3. The van der Waals surface area contributed by atoms with E-state index >= 15 is 0 Å². The van der Waals surface area contributed by atoms with Gasteiger partial charge in [-0.05, 0) is 18.2 Å². The summed E-state index contributed by atoms with van der Waals surface area (Å²) in [5.74, 6) is -2.06. The van der Waals surface area contributed by atoms with Crippen LogP contribution < -0.4 is 4.74 Å². The van der Waals surface area contributed by atoms with Crippen molar-refractivity contribution in [2.45, 2.75) is 6.61 Å². The van der Waals surface area contributed by atoms with Crippen LogP contribution in [0.15, 0.2) is 41.1 Å². The molecule has 0 amide bonds. The lowest BCUT2D eigenvalue weighted by Crippen LogP contribution is -1.99. The van der Waals surface area contributed by atoms with Crippen LogP contribution in [0.2, 0.25) is 0 Å². The highest BCUT2D eigenvalue weighted by Gasteiger charge is 2.11. The molecule has 0 aliphatic rings. The average molecular weight is 300 g/mol. The highest BCUT2D eigenvalue weighted by atomic mass is 79.9. The normalized spacial score (nSPS) is 10.3. The van der Waals surface area contributed by atoms with Crippen LogP contribution in [-0.4, -0.2) is 4.98 Å². The number of ether oxygens (including phenoxy) is 1. The Morgan fingerprint density at radius 2 is 2.12 bits per heavy atom. The molecular formula is C12H8BrF2NO. The number of pyridine rings is 1. The Morgan fingerprint density at radius 1 is 1.29 bits per heavy atom. The number of hydrogen-bond donors (Lipinski definition) is 0. The van der Waals surface area contributed by atoms with E-state index in [-0.39, 0.29) is 12.4 Å². The van der Waals surface area contributed by atoms with Crippen LogP contribution in [0.4, 0.5) is 8.78 Å². The lowest BCUT2D eigenvalue weighted by Gasteiger charge is -2.08. The Balaban J connectivity index is 2.14. The third-order valence-corrected chi connectivity index (χ3v) is 2.53. The van der Waals surface area contributed by atoms with Crippen molar-refractivity contribution in [3.8, 4) is 5.75 Å². The topological polar surface area (TPSA) is 22.1 Å². The first-order valence-electron chi connectivity index (χ1n) is 4.83. The predicted octanol–water partition coefficient (Wildman–Crippen LogP) is 3.70. The van der Waals surface area contributed by atoms with Gasteiger partial charge in [-0.25, -0.2) is 4.39 Å². The minimum absolute atomic E-state index is 0.124. The van der Waals surface area contributed by atoms with E-state index in [0.29, 0.717) is 4.47 Å². The Kier molecular flexibility index (Phi) is 3.68. The SMILES string of the molecule is Fc1cc(Br)cc(OCc2cccnc2)c1F. The summed E-state index contributed by atoms with van der Waals surface area (Å²) in [5.41, 5.74) is 0.785. The molecule has 2 rings (SSSR count). The highest BCUT2D eigenvalue weighted by molar-refractivity contribution is 9.10. The molecule has 0 aliphatic heterocycles. The van der Waals surface area contributed by atoms with Crippen LogP contribution in [0.3, 0.4) is 0 Å². The van der Waals surface area contributed by atoms with E-state index in [9.17, 15) is 8.78 Å². The zero-order valence-electron chi connectivity index (χ0n) is 8.66. The van der Waals surface area contributed by atoms with E-state index in [1.165, 1.54) is 6.07 Å². The van der Waals surface area contributed by atoms with Crippen molar-refractivity contribution in [2.24, 2.45) is 0 Å². The second kappa shape index (κ2) is 5.23. The number of aromatic nitrogens is 1. The molecule has 0 spiro atoms. The quantitative estimate of drug-likeness (QED) is 0.806. The summed E-state index contributed by atoms with van der Waals surface area (Å²) in [5, 5.41) is 0. The van der Waals surface area contributed by atoms with Gasteiger partial charge < -0.3 is 4.74 Å². The average Bonchev–Trinajstić information content (AvgIpc) is 2.33. The van der Waals surface area contributed by atoms with Gasteiger partial charge in [0.25, 0.3) is 0 Å². The summed E-state index contributed by atoms with van der Waals surface area (Å²) in [6.45, 7) is 0.140. The molecule has 0 bridgehead atoms. The van der Waals surface area contributed by atoms with Crippen molar-refractivity contribution in [1.82, 2.24) is 4.98 Å². The maximum absolute atomic E-state index is 13.3. The van der Waals surface area contributed by atoms with E-state index in [1.807, 2.05) is 0 Å². The Morgan fingerprint density at radius 3 is 2.82 bits per heavy atom. The van der Waals surface area contributed by atoms with Crippen molar-refractivity contribution in [2.75, 3.05) is 0 Å². The first kappa shape index (κ1) is 12.0. The molecule has 1 aromatic carbocycles. The van der Waals surface area contributed by atoms with Crippen LogP contribution in [0.5, 0.6) is 5.75 Å². The Hall–Kier alpha value is -1.49. The lowest BCUT2D eigenvalue weighted by atomic mass is 10.3. The van der Waals surface area contributed by atoms with Gasteiger partial charge in [0.1, 0.15) is 6.61 Å². The van der Waals surface area contributed by atoms with Crippen LogP contribution in [0.25, 0.3) is 0 Å². The zero-order chi connectivity index (χ0) is 12.3. The minimum atomic E-state index is -0.989. The molecule has 88 valence electrons. The monoisotopic (exact) mass is 299 g/mol. The van der Waals surface area contributed by atoms with Crippen molar-refractivity contribution in [3.63, 3.8) is 0 Å². The number of nitrogens with zero attached hydrogens (tertiary/aromatic N) is 1. The van der Waals surface area contributed by atoms with Crippen LogP contribution >= 0.6 is 15.9 Å². The fraction of sp³-hybridized carbons (Fsp3) is 0.0833. The van der Waals surface area contributed by atoms with Crippen LogP contribution in [0, 0.1) is 11.6 Å².